The Morgan fingerprint density at radius 2 is 1.96 bits per heavy atom. The Morgan fingerprint density at radius 1 is 1.22 bits per heavy atom. The fourth-order valence-corrected chi connectivity index (χ4v) is 3.49. The van der Waals surface area contributed by atoms with Crippen LogP contribution in [-0.4, -0.2) is 16.8 Å². The summed E-state index contributed by atoms with van der Waals surface area (Å²) < 4.78 is 0. The van der Waals surface area contributed by atoms with Gasteiger partial charge in [0.25, 0.3) is 0 Å². The number of rotatable bonds is 5. The van der Waals surface area contributed by atoms with E-state index in [0.717, 1.165) is 11.3 Å². The summed E-state index contributed by atoms with van der Waals surface area (Å²) in [7, 11) is 0. The van der Waals surface area contributed by atoms with Crippen LogP contribution in [0.5, 0.6) is 0 Å². The van der Waals surface area contributed by atoms with E-state index in [1.165, 1.54) is 31.1 Å². The maximum absolute atomic E-state index is 12.1. The number of carbonyl (C=O) groups excluding carboxylic acids is 2. The molecule has 2 aromatic rings. The monoisotopic (exact) mass is 329 g/mol. The molecular formula is C17H19N3O2S. The molecule has 0 radical (unpaired) electrons. The summed E-state index contributed by atoms with van der Waals surface area (Å²) in [6, 6.07) is 7.27. The fraction of sp³-hybridized carbons (Fsp3) is 0.353. The highest BCUT2D eigenvalue weighted by molar-refractivity contribution is 7.15. The molecule has 0 spiro atoms. The van der Waals surface area contributed by atoms with Gasteiger partial charge < -0.3 is 10.6 Å². The quantitative estimate of drug-likeness (QED) is 0.881. The highest BCUT2D eigenvalue weighted by atomic mass is 32.1. The van der Waals surface area contributed by atoms with Crippen LogP contribution in [0.25, 0.3) is 0 Å². The number of hydrogen-bond donors (Lipinski definition) is 2. The summed E-state index contributed by atoms with van der Waals surface area (Å²) in [6.45, 7) is 1.47. The molecule has 120 valence electrons. The zero-order valence-electron chi connectivity index (χ0n) is 13.0. The molecule has 1 saturated carbocycles. The van der Waals surface area contributed by atoms with Gasteiger partial charge in [0.15, 0.2) is 5.13 Å². The van der Waals surface area contributed by atoms with Gasteiger partial charge in [-0.2, -0.15) is 0 Å². The first-order valence-corrected chi connectivity index (χ1v) is 8.54. The summed E-state index contributed by atoms with van der Waals surface area (Å²) in [5.74, 6) is 0.452. The van der Waals surface area contributed by atoms with Crippen molar-refractivity contribution in [2.45, 2.75) is 38.5 Å². The van der Waals surface area contributed by atoms with Crippen LogP contribution in [-0.2, 0) is 16.0 Å². The SMILES string of the molecule is CC(=O)Nc1ccc(CC(=O)Nc2ncc(C3CCC3)s2)cc1. The van der Waals surface area contributed by atoms with Gasteiger partial charge in [-0.05, 0) is 36.5 Å². The first kappa shape index (κ1) is 15.7. The number of amides is 2. The van der Waals surface area contributed by atoms with Crippen molar-refractivity contribution in [1.82, 2.24) is 4.98 Å². The first-order chi connectivity index (χ1) is 11.1. The number of thiazole rings is 1. The topological polar surface area (TPSA) is 71.1 Å². The molecule has 1 aromatic carbocycles. The van der Waals surface area contributed by atoms with Gasteiger partial charge in [0.05, 0.1) is 6.42 Å². The van der Waals surface area contributed by atoms with E-state index in [4.69, 9.17) is 0 Å². The van der Waals surface area contributed by atoms with E-state index in [-0.39, 0.29) is 11.8 Å². The Bertz CT molecular complexity index is 705. The van der Waals surface area contributed by atoms with Crippen LogP contribution in [0.4, 0.5) is 10.8 Å². The molecule has 0 saturated heterocycles. The molecule has 1 aliphatic rings. The minimum atomic E-state index is -0.110. The van der Waals surface area contributed by atoms with Gasteiger partial charge in [-0.25, -0.2) is 4.98 Å². The standard InChI is InChI=1S/C17H19N3O2S/c1-11(21)19-14-7-5-12(6-8-14)9-16(22)20-17-18-10-15(23-17)13-3-2-4-13/h5-8,10,13H,2-4,9H2,1H3,(H,19,21)(H,18,20,22). The molecule has 0 unspecified atom stereocenters. The maximum atomic E-state index is 12.1. The minimum Gasteiger partial charge on any atom is -0.326 e. The third-order valence-electron chi connectivity index (χ3n) is 3.92. The van der Waals surface area contributed by atoms with Crippen molar-refractivity contribution < 1.29 is 9.59 Å². The van der Waals surface area contributed by atoms with Gasteiger partial charge in [-0.15, -0.1) is 11.3 Å². The number of hydrogen-bond acceptors (Lipinski definition) is 4. The second kappa shape index (κ2) is 6.91. The summed E-state index contributed by atoms with van der Waals surface area (Å²) in [4.78, 5) is 28.6. The van der Waals surface area contributed by atoms with Crippen molar-refractivity contribution >= 4 is 34.0 Å². The largest absolute Gasteiger partial charge is 0.326 e. The van der Waals surface area contributed by atoms with Crippen molar-refractivity contribution in [3.8, 4) is 0 Å². The molecule has 2 N–H and O–H groups in total. The number of anilines is 2. The fourth-order valence-electron chi connectivity index (χ4n) is 2.48. The van der Waals surface area contributed by atoms with Gasteiger partial charge in [0.1, 0.15) is 0 Å². The van der Waals surface area contributed by atoms with Crippen molar-refractivity contribution in [3.63, 3.8) is 0 Å². The van der Waals surface area contributed by atoms with E-state index in [0.29, 0.717) is 17.5 Å². The molecule has 1 aromatic heterocycles. The average Bonchev–Trinajstić information content (AvgIpc) is 2.86. The number of carbonyl (C=O) groups is 2. The van der Waals surface area contributed by atoms with E-state index in [1.54, 1.807) is 23.5 Å². The molecule has 3 rings (SSSR count). The number of benzene rings is 1. The molecule has 0 bridgehead atoms. The highest BCUT2D eigenvalue weighted by Crippen LogP contribution is 2.39. The molecular weight excluding hydrogens is 310 g/mol. The minimum absolute atomic E-state index is 0.0770. The summed E-state index contributed by atoms with van der Waals surface area (Å²) in [5, 5.41) is 6.23. The van der Waals surface area contributed by atoms with Crippen LogP contribution in [0, 0.1) is 0 Å². The summed E-state index contributed by atoms with van der Waals surface area (Å²) in [6.07, 6.45) is 5.93. The molecule has 1 fully saturated rings. The van der Waals surface area contributed by atoms with Gasteiger partial charge in [-0.3, -0.25) is 9.59 Å². The molecule has 5 nitrogen and oxygen atoms in total. The maximum Gasteiger partial charge on any atom is 0.230 e. The normalized spacial score (nSPS) is 14.1. The molecule has 1 heterocycles. The Labute approximate surface area is 139 Å². The molecule has 2 amide bonds. The van der Waals surface area contributed by atoms with Crippen LogP contribution >= 0.6 is 11.3 Å². The van der Waals surface area contributed by atoms with Gasteiger partial charge in [-0.1, -0.05) is 18.6 Å². The Morgan fingerprint density at radius 3 is 2.57 bits per heavy atom. The third kappa shape index (κ3) is 4.16. The number of aromatic nitrogens is 1. The highest BCUT2D eigenvalue weighted by Gasteiger charge is 2.22. The second-order valence-electron chi connectivity index (χ2n) is 5.80. The van der Waals surface area contributed by atoms with Gasteiger partial charge >= 0.3 is 0 Å². The molecule has 23 heavy (non-hydrogen) atoms. The van der Waals surface area contributed by atoms with Crippen LogP contribution in [0.1, 0.15) is 42.5 Å². The lowest BCUT2D eigenvalue weighted by atomic mass is 9.85. The van der Waals surface area contributed by atoms with E-state index < -0.39 is 0 Å². The van der Waals surface area contributed by atoms with E-state index >= 15 is 0 Å². The number of nitrogens with zero attached hydrogens (tertiary/aromatic N) is 1. The van der Waals surface area contributed by atoms with Crippen molar-refractivity contribution in [3.05, 3.63) is 40.9 Å². The Balaban J connectivity index is 1.54. The molecule has 0 aliphatic heterocycles. The van der Waals surface area contributed by atoms with Gasteiger partial charge in [0, 0.05) is 23.7 Å². The smallest absolute Gasteiger partial charge is 0.230 e. The number of nitrogens with one attached hydrogen (secondary N) is 2. The predicted molar refractivity (Wildman–Crippen MR) is 91.8 cm³/mol. The summed E-state index contributed by atoms with van der Waals surface area (Å²) >= 11 is 1.57. The van der Waals surface area contributed by atoms with Crippen LogP contribution in [0.3, 0.4) is 0 Å². The lowest BCUT2D eigenvalue weighted by Crippen LogP contribution is -2.14. The molecule has 1 aliphatic carbocycles. The first-order valence-electron chi connectivity index (χ1n) is 7.72. The van der Waals surface area contributed by atoms with Gasteiger partial charge in [0.2, 0.25) is 11.8 Å². The lowest BCUT2D eigenvalue weighted by Gasteiger charge is -2.23. The Kier molecular flexibility index (Phi) is 4.71. The summed E-state index contributed by atoms with van der Waals surface area (Å²) in [5.41, 5.74) is 1.62. The van der Waals surface area contributed by atoms with E-state index in [2.05, 4.69) is 15.6 Å². The zero-order chi connectivity index (χ0) is 16.2. The van der Waals surface area contributed by atoms with Crippen molar-refractivity contribution in [1.29, 1.82) is 0 Å². The van der Waals surface area contributed by atoms with Crippen LogP contribution in [0.2, 0.25) is 0 Å². The average molecular weight is 329 g/mol. The molecule has 6 heteroatoms. The lowest BCUT2D eigenvalue weighted by molar-refractivity contribution is -0.116. The predicted octanol–water partition coefficient (Wildman–Crippen LogP) is 3.55. The third-order valence-corrected chi connectivity index (χ3v) is 4.99. The zero-order valence-corrected chi connectivity index (χ0v) is 13.8. The van der Waals surface area contributed by atoms with Crippen LogP contribution < -0.4 is 10.6 Å². The van der Waals surface area contributed by atoms with E-state index in [1.807, 2.05) is 18.3 Å². The molecule has 0 atom stereocenters. The van der Waals surface area contributed by atoms with Crippen molar-refractivity contribution in [2.24, 2.45) is 0 Å². The van der Waals surface area contributed by atoms with E-state index in [9.17, 15) is 9.59 Å². The van der Waals surface area contributed by atoms with Crippen LogP contribution in [0.15, 0.2) is 30.5 Å². The van der Waals surface area contributed by atoms with Crippen molar-refractivity contribution in [2.75, 3.05) is 10.6 Å². The second-order valence-corrected chi connectivity index (χ2v) is 6.86. The Hall–Kier alpha value is -2.21.